The highest BCUT2D eigenvalue weighted by atomic mass is 16.5. The van der Waals surface area contributed by atoms with Crippen LogP contribution in [0.15, 0.2) is 18.2 Å². The van der Waals surface area contributed by atoms with Crippen molar-refractivity contribution >= 4 is 11.6 Å². The van der Waals surface area contributed by atoms with Crippen molar-refractivity contribution in [2.24, 2.45) is 0 Å². The Balaban J connectivity index is 1.99. The number of benzene rings is 1. The minimum Gasteiger partial charge on any atom is -0.378 e. The predicted octanol–water partition coefficient (Wildman–Crippen LogP) is 1.23. The van der Waals surface area contributed by atoms with Crippen molar-refractivity contribution in [1.82, 2.24) is 5.32 Å². The number of ether oxygens (including phenoxy) is 1. The van der Waals surface area contributed by atoms with Gasteiger partial charge in [-0.3, -0.25) is 4.79 Å². The van der Waals surface area contributed by atoms with Gasteiger partial charge in [0, 0.05) is 12.2 Å². The lowest BCUT2D eigenvalue weighted by molar-refractivity contribution is -0.120. The molecule has 1 fully saturated rings. The summed E-state index contributed by atoms with van der Waals surface area (Å²) in [5, 5.41) is 6.03. The Hall–Kier alpha value is -1.39. The van der Waals surface area contributed by atoms with E-state index < -0.39 is 0 Å². The Bertz CT molecular complexity index is 412. The van der Waals surface area contributed by atoms with Crippen LogP contribution in [0.3, 0.4) is 0 Å². The van der Waals surface area contributed by atoms with Crippen LogP contribution in [0.5, 0.6) is 0 Å². The first kappa shape index (κ1) is 12.1. The van der Waals surface area contributed by atoms with E-state index in [1.165, 1.54) is 11.1 Å². The highest BCUT2D eigenvalue weighted by molar-refractivity contribution is 5.95. The van der Waals surface area contributed by atoms with Crippen molar-refractivity contribution in [3.63, 3.8) is 0 Å². The second-order valence-corrected chi connectivity index (χ2v) is 4.37. The third-order valence-electron chi connectivity index (χ3n) is 3.01. The van der Waals surface area contributed by atoms with Crippen molar-refractivity contribution < 1.29 is 9.53 Å². The fourth-order valence-electron chi connectivity index (χ4n) is 1.78. The lowest BCUT2D eigenvalue weighted by Crippen LogP contribution is -2.48. The SMILES string of the molecule is Cc1ccc(NC(=O)C2COCCN2)cc1C. The molecule has 0 spiro atoms. The molecule has 1 aromatic carbocycles. The average Bonchev–Trinajstić information content (AvgIpc) is 2.35. The molecule has 17 heavy (non-hydrogen) atoms. The van der Waals surface area contributed by atoms with E-state index in [-0.39, 0.29) is 11.9 Å². The van der Waals surface area contributed by atoms with Gasteiger partial charge in [0.2, 0.25) is 5.91 Å². The number of nitrogens with one attached hydrogen (secondary N) is 2. The first-order valence-corrected chi connectivity index (χ1v) is 5.86. The second kappa shape index (κ2) is 5.29. The molecule has 4 nitrogen and oxygen atoms in total. The Labute approximate surface area is 101 Å². The monoisotopic (exact) mass is 234 g/mol. The Morgan fingerprint density at radius 2 is 2.24 bits per heavy atom. The largest absolute Gasteiger partial charge is 0.378 e. The van der Waals surface area contributed by atoms with Gasteiger partial charge in [0.1, 0.15) is 6.04 Å². The average molecular weight is 234 g/mol. The molecule has 0 aliphatic carbocycles. The van der Waals surface area contributed by atoms with E-state index in [2.05, 4.69) is 17.6 Å². The van der Waals surface area contributed by atoms with E-state index in [9.17, 15) is 4.79 Å². The van der Waals surface area contributed by atoms with Crippen molar-refractivity contribution in [3.8, 4) is 0 Å². The van der Waals surface area contributed by atoms with Crippen LogP contribution in [0.1, 0.15) is 11.1 Å². The molecule has 0 aromatic heterocycles. The van der Waals surface area contributed by atoms with Gasteiger partial charge in [-0.2, -0.15) is 0 Å². The summed E-state index contributed by atoms with van der Waals surface area (Å²) in [7, 11) is 0. The predicted molar refractivity (Wildman–Crippen MR) is 67.2 cm³/mol. The maximum atomic E-state index is 11.9. The molecule has 1 unspecified atom stereocenters. The quantitative estimate of drug-likeness (QED) is 0.809. The number of hydrogen-bond acceptors (Lipinski definition) is 3. The van der Waals surface area contributed by atoms with Crippen LogP contribution in [0.4, 0.5) is 5.69 Å². The first-order chi connectivity index (χ1) is 8.16. The highest BCUT2D eigenvalue weighted by Gasteiger charge is 2.20. The number of amides is 1. The Morgan fingerprint density at radius 3 is 2.88 bits per heavy atom. The smallest absolute Gasteiger partial charge is 0.243 e. The van der Waals surface area contributed by atoms with Gasteiger partial charge in [0.05, 0.1) is 13.2 Å². The number of aryl methyl sites for hydroxylation is 2. The van der Waals surface area contributed by atoms with Crippen LogP contribution >= 0.6 is 0 Å². The van der Waals surface area contributed by atoms with Crippen molar-refractivity contribution in [2.45, 2.75) is 19.9 Å². The Kier molecular flexibility index (Phi) is 3.76. The lowest BCUT2D eigenvalue weighted by Gasteiger charge is -2.23. The van der Waals surface area contributed by atoms with Gasteiger partial charge in [-0.05, 0) is 37.1 Å². The van der Waals surface area contributed by atoms with E-state index in [0.717, 1.165) is 12.2 Å². The molecule has 92 valence electrons. The zero-order chi connectivity index (χ0) is 12.3. The van der Waals surface area contributed by atoms with Crippen LogP contribution in [0.25, 0.3) is 0 Å². The topological polar surface area (TPSA) is 50.4 Å². The highest BCUT2D eigenvalue weighted by Crippen LogP contribution is 2.14. The summed E-state index contributed by atoms with van der Waals surface area (Å²) in [6.07, 6.45) is 0. The fourth-order valence-corrected chi connectivity index (χ4v) is 1.78. The van der Waals surface area contributed by atoms with Gasteiger partial charge >= 0.3 is 0 Å². The van der Waals surface area contributed by atoms with Gasteiger partial charge in [0.15, 0.2) is 0 Å². The second-order valence-electron chi connectivity index (χ2n) is 4.37. The molecule has 0 saturated carbocycles. The van der Waals surface area contributed by atoms with Crippen LogP contribution in [-0.2, 0) is 9.53 Å². The summed E-state index contributed by atoms with van der Waals surface area (Å²) in [4.78, 5) is 11.9. The molecule has 1 heterocycles. The first-order valence-electron chi connectivity index (χ1n) is 5.86. The van der Waals surface area contributed by atoms with Crippen molar-refractivity contribution in [3.05, 3.63) is 29.3 Å². The van der Waals surface area contributed by atoms with Gasteiger partial charge < -0.3 is 15.4 Å². The number of rotatable bonds is 2. The molecular formula is C13H18N2O2. The molecular weight excluding hydrogens is 216 g/mol. The zero-order valence-corrected chi connectivity index (χ0v) is 10.2. The minimum atomic E-state index is -0.245. The standard InChI is InChI=1S/C13H18N2O2/c1-9-3-4-11(7-10(9)2)15-13(16)12-8-17-6-5-14-12/h3-4,7,12,14H,5-6,8H2,1-2H3,(H,15,16). The van der Waals surface area contributed by atoms with Crippen LogP contribution < -0.4 is 10.6 Å². The summed E-state index contributed by atoms with van der Waals surface area (Å²) >= 11 is 0. The van der Waals surface area contributed by atoms with Crippen LogP contribution in [0, 0.1) is 13.8 Å². The number of anilines is 1. The van der Waals surface area contributed by atoms with Gasteiger partial charge in [0.25, 0.3) is 0 Å². The minimum absolute atomic E-state index is 0.0343. The van der Waals surface area contributed by atoms with E-state index >= 15 is 0 Å². The molecule has 1 atom stereocenters. The summed E-state index contributed by atoms with van der Waals surface area (Å²) in [5.74, 6) is -0.0343. The summed E-state index contributed by atoms with van der Waals surface area (Å²) in [5.41, 5.74) is 3.24. The molecule has 0 bridgehead atoms. The molecule has 2 rings (SSSR count). The molecule has 0 radical (unpaired) electrons. The van der Waals surface area contributed by atoms with Gasteiger partial charge in [-0.1, -0.05) is 6.07 Å². The van der Waals surface area contributed by atoms with Crippen LogP contribution in [-0.4, -0.2) is 31.7 Å². The number of carbonyl (C=O) groups is 1. The van der Waals surface area contributed by atoms with E-state index in [1.807, 2.05) is 25.1 Å². The maximum Gasteiger partial charge on any atom is 0.243 e. The molecule has 1 aliphatic heterocycles. The molecule has 1 aromatic rings. The van der Waals surface area contributed by atoms with Crippen molar-refractivity contribution in [2.75, 3.05) is 25.1 Å². The summed E-state index contributed by atoms with van der Waals surface area (Å²) < 4.78 is 5.26. The molecule has 2 N–H and O–H groups in total. The van der Waals surface area contributed by atoms with Crippen molar-refractivity contribution in [1.29, 1.82) is 0 Å². The number of morpholine rings is 1. The van der Waals surface area contributed by atoms with Crippen LogP contribution in [0.2, 0.25) is 0 Å². The van der Waals surface area contributed by atoms with Gasteiger partial charge in [-0.15, -0.1) is 0 Å². The Morgan fingerprint density at radius 1 is 1.41 bits per heavy atom. The van der Waals surface area contributed by atoms with Gasteiger partial charge in [-0.25, -0.2) is 0 Å². The molecule has 1 amide bonds. The lowest BCUT2D eigenvalue weighted by atomic mass is 10.1. The number of hydrogen-bond donors (Lipinski definition) is 2. The van der Waals surface area contributed by atoms with E-state index in [1.54, 1.807) is 0 Å². The molecule has 1 aliphatic rings. The summed E-state index contributed by atoms with van der Waals surface area (Å²) in [6, 6.07) is 5.67. The number of carbonyl (C=O) groups excluding carboxylic acids is 1. The normalized spacial score (nSPS) is 20.0. The summed E-state index contributed by atoms with van der Waals surface area (Å²) in [6.45, 7) is 5.93. The van der Waals surface area contributed by atoms with E-state index in [4.69, 9.17) is 4.74 Å². The molecule has 4 heteroatoms. The zero-order valence-electron chi connectivity index (χ0n) is 10.2. The third kappa shape index (κ3) is 3.05. The van der Waals surface area contributed by atoms with E-state index in [0.29, 0.717) is 13.2 Å². The maximum absolute atomic E-state index is 11.9. The molecule has 1 saturated heterocycles. The fraction of sp³-hybridized carbons (Fsp3) is 0.462. The third-order valence-corrected chi connectivity index (χ3v) is 3.01.